The molecule has 0 atom stereocenters. The number of rotatable bonds is 4. The molecule has 4 heteroatoms. The molecule has 0 aliphatic heterocycles. The van der Waals surface area contributed by atoms with E-state index >= 15 is 0 Å². The highest BCUT2D eigenvalue weighted by atomic mass is 32.1. The van der Waals surface area contributed by atoms with Crippen LogP contribution in [0.1, 0.15) is 42.0 Å². The first kappa shape index (κ1) is 14.7. The first-order valence-electron chi connectivity index (χ1n) is 7.60. The molecule has 1 aromatic heterocycles. The highest BCUT2D eigenvalue weighted by Crippen LogP contribution is 2.43. The molecule has 1 heterocycles. The maximum atomic E-state index is 5.95. The molecule has 1 aliphatic carbocycles. The van der Waals surface area contributed by atoms with Crippen LogP contribution in [-0.2, 0) is 16.9 Å². The zero-order valence-electron chi connectivity index (χ0n) is 12.5. The molecule has 0 unspecified atom stereocenters. The van der Waals surface area contributed by atoms with E-state index in [0.717, 1.165) is 34.0 Å². The number of nitrogens with zero attached hydrogens (tertiary/aromatic N) is 1. The van der Waals surface area contributed by atoms with Gasteiger partial charge in [-0.1, -0.05) is 49.6 Å². The quantitative estimate of drug-likeness (QED) is 0.926. The smallest absolute Gasteiger partial charge is 0.126 e. The van der Waals surface area contributed by atoms with Crippen molar-refractivity contribution in [2.45, 2.75) is 44.2 Å². The van der Waals surface area contributed by atoms with E-state index in [1.165, 1.54) is 19.3 Å². The lowest BCUT2D eigenvalue weighted by atomic mass is 9.85. The third-order valence-electron chi connectivity index (χ3n) is 4.37. The molecule has 2 aromatic rings. The minimum absolute atomic E-state index is 0.195. The van der Waals surface area contributed by atoms with E-state index in [4.69, 9.17) is 15.5 Å². The molecule has 1 saturated carbocycles. The third-order valence-corrected chi connectivity index (χ3v) is 5.63. The average molecular weight is 302 g/mol. The highest BCUT2D eigenvalue weighted by Gasteiger charge is 2.37. The lowest BCUT2D eigenvalue weighted by Gasteiger charge is -2.34. The summed E-state index contributed by atoms with van der Waals surface area (Å²) in [5.41, 5.74) is 7.92. The zero-order chi connectivity index (χ0) is 14.7. The number of thiazole rings is 1. The SMILES string of the molecule is COC1(c2nc(-c3ccccc3)c(CN)s2)CCCCC1. The third kappa shape index (κ3) is 2.76. The maximum Gasteiger partial charge on any atom is 0.126 e. The van der Waals surface area contributed by atoms with Crippen LogP contribution in [-0.4, -0.2) is 12.1 Å². The van der Waals surface area contributed by atoms with Crippen LogP contribution < -0.4 is 5.73 Å². The number of nitrogens with two attached hydrogens (primary N) is 1. The molecule has 21 heavy (non-hydrogen) atoms. The molecule has 0 saturated heterocycles. The summed E-state index contributed by atoms with van der Waals surface area (Å²) in [5, 5.41) is 1.10. The van der Waals surface area contributed by atoms with Gasteiger partial charge >= 0.3 is 0 Å². The van der Waals surface area contributed by atoms with Crippen molar-refractivity contribution in [3.05, 3.63) is 40.2 Å². The van der Waals surface area contributed by atoms with E-state index in [1.54, 1.807) is 11.3 Å². The van der Waals surface area contributed by atoms with Gasteiger partial charge in [-0.25, -0.2) is 4.98 Å². The van der Waals surface area contributed by atoms with Crippen LogP contribution in [0.4, 0.5) is 0 Å². The summed E-state index contributed by atoms with van der Waals surface area (Å²) in [6.07, 6.45) is 5.86. The first-order valence-corrected chi connectivity index (χ1v) is 8.41. The number of hydrogen-bond donors (Lipinski definition) is 1. The van der Waals surface area contributed by atoms with Crippen molar-refractivity contribution in [3.8, 4) is 11.3 Å². The van der Waals surface area contributed by atoms with Gasteiger partial charge in [0.2, 0.25) is 0 Å². The number of benzene rings is 1. The molecule has 3 rings (SSSR count). The van der Waals surface area contributed by atoms with Crippen molar-refractivity contribution in [1.29, 1.82) is 0 Å². The van der Waals surface area contributed by atoms with Crippen molar-refractivity contribution in [2.24, 2.45) is 5.73 Å². The van der Waals surface area contributed by atoms with E-state index in [9.17, 15) is 0 Å². The monoisotopic (exact) mass is 302 g/mol. The van der Waals surface area contributed by atoms with E-state index in [-0.39, 0.29) is 5.60 Å². The predicted molar refractivity (Wildman–Crippen MR) is 87.2 cm³/mol. The van der Waals surface area contributed by atoms with E-state index in [0.29, 0.717) is 6.54 Å². The van der Waals surface area contributed by atoms with Crippen LogP contribution in [0.15, 0.2) is 30.3 Å². The van der Waals surface area contributed by atoms with Crippen LogP contribution in [0, 0.1) is 0 Å². The minimum Gasteiger partial charge on any atom is -0.371 e. The lowest BCUT2D eigenvalue weighted by molar-refractivity contribution is -0.0445. The van der Waals surface area contributed by atoms with Crippen LogP contribution in [0.2, 0.25) is 0 Å². The van der Waals surface area contributed by atoms with Gasteiger partial charge in [0.15, 0.2) is 0 Å². The van der Waals surface area contributed by atoms with Gasteiger partial charge in [-0.15, -0.1) is 11.3 Å². The van der Waals surface area contributed by atoms with Crippen molar-refractivity contribution >= 4 is 11.3 Å². The Labute approximate surface area is 130 Å². The summed E-state index contributed by atoms with van der Waals surface area (Å²) in [7, 11) is 1.82. The second-order valence-electron chi connectivity index (χ2n) is 5.62. The Hall–Kier alpha value is -1.23. The highest BCUT2D eigenvalue weighted by molar-refractivity contribution is 7.12. The van der Waals surface area contributed by atoms with Gasteiger partial charge in [-0.3, -0.25) is 0 Å². The van der Waals surface area contributed by atoms with Crippen LogP contribution in [0.25, 0.3) is 11.3 Å². The molecule has 0 amide bonds. The van der Waals surface area contributed by atoms with Gasteiger partial charge in [0, 0.05) is 24.1 Å². The van der Waals surface area contributed by atoms with Crippen molar-refractivity contribution < 1.29 is 4.74 Å². The Morgan fingerprint density at radius 2 is 1.90 bits per heavy atom. The predicted octanol–water partition coefficient (Wildman–Crippen LogP) is 4.07. The number of aromatic nitrogens is 1. The topological polar surface area (TPSA) is 48.1 Å². The number of ether oxygens (including phenoxy) is 1. The molecule has 2 N–H and O–H groups in total. The van der Waals surface area contributed by atoms with Crippen LogP contribution in [0.5, 0.6) is 0 Å². The fourth-order valence-corrected chi connectivity index (χ4v) is 4.32. The first-order chi connectivity index (χ1) is 10.3. The Balaban J connectivity index is 2.03. The van der Waals surface area contributed by atoms with E-state index in [2.05, 4.69) is 12.1 Å². The molecule has 0 bridgehead atoms. The Kier molecular flexibility index (Phi) is 4.38. The van der Waals surface area contributed by atoms with Gasteiger partial charge in [0.05, 0.1) is 5.69 Å². The summed E-state index contributed by atoms with van der Waals surface area (Å²) in [6, 6.07) is 10.3. The second-order valence-corrected chi connectivity index (χ2v) is 6.70. The van der Waals surface area contributed by atoms with Crippen molar-refractivity contribution in [3.63, 3.8) is 0 Å². The van der Waals surface area contributed by atoms with E-state index in [1.807, 2.05) is 25.3 Å². The Bertz CT molecular complexity index is 588. The van der Waals surface area contributed by atoms with Gasteiger partial charge in [0.25, 0.3) is 0 Å². The zero-order valence-corrected chi connectivity index (χ0v) is 13.3. The summed E-state index contributed by atoms with van der Waals surface area (Å²) in [4.78, 5) is 6.08. The van der Waals surface area contributed by atoms with Gasteiger partial charge < -0.3 is 10.5 Å². The second kappa shape index (κ2) is 6.26. The summed E-state index contributed by atoms with van der Waals surface area (Å²) in [6.45, 7) is 0.529. The summed E-state index contributed by atoms with van der Waals surface area (Å²) < 4.78 is 5.92. The molecule has 0 radical (unpaired) electrons. The molecule has 0 spiro atoms. The van der Waals surface area contributed by atoms with Crippen LogP contribution in [0.3, 0.4) is 0 Å². The normalized spacial score (nSPS) is 17.8. The number of hydrogen-bond acceptors (Lipinski definition) is 4. The summed E-state index contributed by atoms with van der Waals surface area (Å²) in [5.74, 6) is 0. The minimum atomic E-state index is -0.195. The van der Waals surface area contributed by atoms with Crippen molar-refractivity contribution in [2.75, 3.05) is 7.11 Å². The fraction of sp³-hybridized carbons (Fsp3) is 0.471. The summed E-state index contributed by atoms with van der Waals surface area (Å²) >= 11 is 1.72. The van der Waals surface area contributed by atoms with Gasteiger partial charge in [-0.2, -0.15) is 0 Å². The van der Waals surface area contributed by atoms with Gasteiger partial charge in [-0.05, 0) is 12.8 Å². The van der Waals surface area contributed by atoms with Crippen molar-refractivity contribution in [1.82, 2.24) is 4.98 Å². The Morgan fingerprint density at radius 1 is 1.19 bits per heavy atom. The molecule has 112 valence electrons. The van der Waals surface area contributed by atoms with E-state index < -0.39 is 0 Å². The fourth-order valence-electron chi connectivity index (χ4n) is 3.13. The average Bonchev–Trinajstić information content (AvgIpc) is 3.01. The molecule has 1 aromatic carbocycles. The molecule has 1 aliphatic rings. The molecule has 3 nitrogen and oxygen atoms in total. The lowest BCUT2D eigenvalue weighted by Crippen LogP contribution is -2.30. The molecule has 1 fully saturated rings. The Morgan fingerprint density at radius 3 is 2.52 bits per heavy atom. The van der Waals surface area contributed by atoms with Crippen LogP contribution >= 0.6 is 11.3 Å². The largest absolute Gasteiger partial charge is 0.371 e. The molecular formula is C17H22N2OS. The standard InChI is InChI=1S/C17H22N2OS/c1-20-17(10-6-3-7-11-17)16-19-15(14(12-18)21-16)13-8-4-2-5-9-13/h2,4-5,8-9H,3,6-7,10-12,18H2,1H3. The number of methoxy groups -OCH3 is 1. The maximum absolute atomic E-state index is 5.95. The van der Waals surface area contributed by atoms with Gasteiger partial charge in [0.1, 0.15) is 10.6 Å². The molecular weight excluding hydrogens is 280 g/mol.